The van der Waals surface area contributed by atoms with Crippen LogP contribution in [0.25, 0.3) is 0 Å². The number of hydrogen-bond acceptors (Lipinski definition) is 3. The molecule has 1 rings (SSSR count). The van der Waals surface area contributed by atoms with Crippen LogP contribution in [0.4, 0.5) is 0 Å². The zero-order chi connectivity index (χ0) is 17.1. The molecule has 1 saturated heterocycles. The van der Waals surface area contributed by atoms with Crippen molar-refractivity contribution in [2.75, 3.05) is 19.7 Å². The van der Waals surface area contributed by atoms with E-state index >= 15 is 0 Å². The number of carbonyl (C=O) groups excluding carboxylic acids is 2. The molecule has 0 saturated carbocycles. The first-order valence-corrected chi connectivity index (χ1v) is 8.39. The Bertz CT molecular complexity index is 396. The van der Waals surface area contributed by atoms with Gasteiger partial charge in [-0.25, -0.2) is 0 Å². The highest BCUT2D eigenvalue weighted by Crippen LogP contribution is 2.34. The van der Waals surface area contributed by atoms with Gasteiger partial charge >= 0.3 is 0 Å². The number of carbonyl (C=O) groups is 2. The number of aliphatic hydroxyl groups is 1. The predicted octanol–water partition coefficient (Wildman–Crippen LogP) is 2.88. The average molecular weight is 311 g/mol. The summed E-state index contributed by atoms with van der Waals surface area (Å²) in [5.74, 6) is 0.00943. The zero-order valence-electron chi connectivity index (χ0n) is 15.1. The first-order chi connectivity index (χ1) is 9.96. The third-order valence-electron chi connectivity index (χ3n) is 4.87. The first-order valence-electron chi connectivity index (χ1n) is 8.39. The molecule has 4 heteroatoms. The first kappa shape index (κ1) is 19.1. The smallest absolute Gasteiger partial charge is 0.228 e. The number of hydrogen-bond donors (Lipinski definition) is 1. The maximum Gasteiger partial charge on any atom is 0.228 e. The molecule has 0 aromatic carbocycles. The summed E-state index contributed by atoms with van der Waals surface area (Å²) in [5.41, 5.74) is -0.194. The van der Waals surface area contributed by atoms with Crippen LogP contribution in [0.5, 0.6) is 0 Å². The lowest BCUT2D eigenvalue weighted by molar-refractivity contribution is -0.142. The maximum absolute atomic E-state index is 12.6. The van der Waals surface area contributed by atoms with Crippen molar-refractivity contribution in [3.63, 3.8) is 0 Å². The molecule has 1 aliphatic heterocycles. The van der Waals surface area contributed by atoms with Crippen molar-refractivity contribution in [3.8, 4) is 0 Å². The highest BCUT2D eigenvalue weighted by atomic mass is 16.3. The van der Waals surface area contributed by atoms with E-state index in [4.69, 9.17) is 0 Å². The van der Waals surface area contributed by atoms with Crippen molar-refractivity contribution in [3.05, 3.63) is 0 Å². The number of nitrogens with zero attached hydrogens (tertiary/aromatic N) is 1. The predicted molar refractivity (Wildman–Crippen MR) is 88.4 cm³/mol. The molecule has 1 fully saturated rings. The SMILES string of the molecule is CC(C)(C)C(=O)CC(CO)C(=O)N1CCC(C(C)(C)C)CC1. The van der Waals surface area contributed by atoms with Gasteiger partial charge in [0.05, 0.1) is 12.5 Å². The number of aliphatic hydroxyl groups excluding tert-OH is 1. The molecule has 1 aliphatic rings. The van der Waals surface area contributed by atoms with Gasteiger partial charge in [-0.05, 0) is 24.2 Å². The third kappa shape index (κ3) is 5.08. The molecule has 0 aromatic heterocycles. The number of piperidine rings is 1. The second-order valence-electron chi connectivity index (χ2n) is 8.72. The van der Waals surface area contributed by atoms with Gasteiger partial charge in [-0.2, -0.15) is 0 Å². The molecule has 1 atom stereocenters. The van der Waals surface area contributed by atoms with Gasteiger partial charge in [0.25, 0.3) is 0 Å². The number of Topliss-reactive ketones (excluding diaryl/α,β-unsaturated/α-hetero) is 1. The minimum absolute atomic E-state index is 0.0319. The van der Waals surface area contributed by atoms with Crippen LogP contribution in [0.3, 0.4) is 0 Å². The minimum atomic E-state index is -0.585. The largest absolute Gasteiger partial charge is 0.396 e. The minimum Gasteiger partial charge on any atom is -0.396 e. The van der Waals surface area contributed by atoms with E-state index in [-0.39, 0.29) is 30.1 Å². The average Bonchev–Trinajstić information content (AvgIpc) is 2.41. The summed E-state index contributed by atoms with van der Waals surface area (Å²) in [6, 6.07) is 0. The van der Waals surface area contributed by atoms with Crippen molar-refractivity contribution >= 4 is 11.7 Å². The molecule has 0 bridgehead atoms. The van der Waals surface area contributed by atoms with E-state index in [1.54, 1.807) is 0 Å². The van der Waals surface area contributed by atoms with Crippen LogP contribution in [-0.2, 0) is 9.59 Å². The van der Waals surface area contributed by atoms with Gasteiger partial charge in [-0.3, -0.25) is 9.59 Å². The fraction of sp³-hybridized carbons (Fsp3) is 0.889. The Balaban J connectivity index is 2.61. The number of amides is 1. The van der Waals surface area contributed by atoms with Gasteiger partial charge in [0, 0.05) is 24.9 Å². The summed E-state index contributed by atoms with van der Waals surface area (Å²) >= 11 is 0. The van der Waals surface area contributed by atoms with E-state index in [0.29, 0.717) is 5.92 Å². The molecular formula is C18H33NO3. The zero-order valence-corrected chi connectivity index (χ0v) is 15.1. The maximum atomic E-state index is 12.6. The van der Waals surface area contributed by atoms with E-state index in [1.165, 1.54) is 0 Å². The van der Waals surface area contributed by atoms with Crippen LogP contribution < -0.4 is 0 Å². The Morgan fingerprint density at radius 3 is 1.95 bits per heavy atom. The van der Waals surface area contributed by atoms with E-state index in [0.717, 1.165) is 25.9 Å². The third-order valence-corrected chi connectivity index (χ3v) is 4.87. The van der Waals surface area contributed by atoms with Gasteiger partial charge in [-0.1, -0.05) is 41.5 Å². The van der Waals surface area contributed by atoms with Crippen LogP contribution in [0.15, 0.2) is 0 Å². The normalized spacial score (nSPS) is 19.1. The van der Waals surface area contributed by atoms with Crippen LogP contribution in [-0.4, -0.2) is 41.4 Å². The van der Waals surface area contributed by atoms with Crippen molar-refractivity contribution in [2.24, 2.45) is 22.7 Å². The van der Waals surface area contributed by atoms with Crippen LogP contribution in [0.2, 0.25) is 0 Å². The molecule has 1 unspecified atom stereocenters. The summed E-state index contributed by atoms with van der Waals surface area (Å²) < 4.78 is 0. The molecule has 1 amide bonds. The lowest BCUT2D eigenvalue weighted by Crippen LogP contribution is -2.45. The molecule has 0 radical (unpaired) electrons. The Kier molecular flexibility index (Phi) is 6.19. The summed E-state index contributed by atoms with van der Waals surface area (Å²) in [6.07, 6.45) is 2.14. The van der Waals surface area contributed by atoms with E-state index in [2.05, 4.69) is 20.8 Å². The standard InChI is InChI=1S/C18H33NO3/c1-17(2,3)14-7-9-19(10-8-14)16(22)13(12-20)11-15(21)18(4,5)6/h13-14,20H,7-12H2,1-6H3. The molecule has 1 heterocycles. The van der Waals surface area contributed by atoms with Crippen molar-refractivity contribution in [1.29, 1.82) is 0 Å². The fourth-order valence-corrected chi connectivity index (χ4v) is 2.98. The van der Waals surface area contributed by atoms with Crippen molar-refractivity contribution in [1.82, 2.24) is 4.90 Å². The quantitative estimate of drug-likeness (QED) is 0.868. The lowest BCUT2D eigenvalue weighted by atomic mass is 9.75. The van der Waals surface area contributed by atoms with Gasteiger partial charge in [0.1, 0.15) is 5.78 Å². The van der Waals surface area contributed by atoms with Crippen molar-refractivity contribution in [2.45, 2.75) is 60.8 Å². The lowest BCUT2D eigenvalue weighted by Gasteiger charge is -2.39. The molecule has 0 spiro atoms. The van der Waals surface area contributed by atoms with Gasteiger partial charge in [0.2, 0.25) is 5.91 Å². The molecule has 4 nitrogen and oxygen atoms in total. The monoisotopic (exact) mass is 311 g/mol. The van der Waals surface area contributed by atoms with Gasteiger partial charge in [-0.15, -0.1) is 0 Å². The summed E-state index contributed by atoms with van der Waals surface area (Å²) in [6.45, 7) is 13.5. The van der Waals surface area contributed by atoms with Crippen molar-refractivity contribution < 1.29 is 14.7 Å². The summed E-state index contributed by atoms with van der Waals surface area (Å²) in [4.78, 5) is 26.5. The second-order valence-corrected chi connectivity index (χ2v) is 8.72. The molecule has 1 N–H and O–H groups in total. The van der Waals surface area contributed by atoms with E-state index in [1.807, 2.05) is 25.7 Å². The molecule has 0 aromatic rings. The molecular weight excluding hydrogens is 278 g/mol. The molecule has 0 aliphatic carbocycles. The van der Waals surface area contributed by atoms with Crippen LogP contribution in [0, 0.1) is 22.7 Å². The molecule has 128 valence electrons. The Morgan fingerprint density at radius 2 is 1.59 bits per heavy atom. The Morgan fingerprint density at radius 1 is 1.09 bits per heavy atom. The van der Waals surface area contributed by atoms with Gasteiger partial charge in [0.15, 0.2) is 0 Å². The highest BCUT2D eigenvalue weighted by molar-refractivity contribution is 5.89. The van der Waals surface area contributed by atoms with Gasteiger partial charge < -0.3 is 10.0 Å². The summed E-state index contributed by atoms with van der Waals surface area (Å²) in [5, 5.41) is 9.52. The Hall–Kier alpha value is -0.900. The molecule has 22 heavy (non-hydrogen) atoms. The van der Waals surface area contributed by atoms with Crippen LogP contribution >= 0.6 is 0 Å². The Labute approximate surface area is 135 Å². The number of likely N-dealkylation sites (tertiary alicyclic amines) is 1. The van der Waals surface area contributed by atoms with E-state index in [9.17, 15) is 14.7 Å². The summed E-state index contributed by atoms with van der Waals surface area (Å²) in [7, 11) is 0. The number of rotatable bonds is 4. The second kappa shape index (κ2) is 7.12. The number of ketones is 1. The highest BCUT2D eigenvalue weighted by Gasteiger charge is 2.34. The topological polar surface area (TPSA) is 57.6 Å². The van der Waals surface area contributed by atoms with E-state index < -0.39 is 11.3 Å². The van der Waals surface area contributed by atoms with Crippen LogP contribution in [0.1, 0.15) is 60.8 Å². The fourth-order valence-electron chi connectivity index (χ4n) is 2.98.